The topological polar surface area (TPSA) is 86.4 Å². The van der Waals surface area contributed by atoms with Gasteiger partial charge in [-0.3, -0.25) is 10.1 Å². The Bertz CT molecular complexity index is 939. The first-order valence-electron chi connectivity index (χ1n) is 11.6. The van der Waals surface area contributed by atoms with Crippen molar-refractivity contribution in [1.29, 1.82) is 0 Å². The highest BCUT2D eigenvalue weighted by Gasteiger charge is 2.47. The number of anilines is 1. The summed E-state index contributed by atoms with van der Waals surface area (Å²) < 4.78 is 13.2. The number of likely N-dealkylation sites (tertiary alicyclic amines) is 1. The molecule has 0 saturated carbocycles. The summed E-state index contributed by atoms with van der Waals surface area (Å²) in [5.41, 5.74) is 0.201. The molecule has 9 heteroatoms. The zero-order chi connectivity index (χ0) is 23.3. The minimum absolute atomic E-state index is 0.0165. The van der Waals surface area contributed by atoms with E-state index in [1.165, 1.54) is 23.5 Å². The number of halogens is 1. The zero-order valence-corrected chi connectivity index (χ0v) is 19.8. The Morgan fingerprint density at radius 3 is 2.85 bits per heavy atom. The molecular formula is C24H32FN5O2S. The lowest BCUT2D eigenvalue weighted by Crippen LogP contribution is -2.69. The van der Waals surface area contributed by atoms with Gasteiger partial charge in [0.25, 0.3) is 0 Å². The summed E-state index contributed by atoms with van der Waals surface area (Å²) in [6.07, 6.45) is 5.62. The van der Waals surface area contributed by atoms with Crippen molar-refractivity contribution in [2.75, 3.05) is 38.0 Å². The van der Waals surface area contributed by atoms with Crippen LogP contribution in [-0.4, -0.2) is 60.0 Å². The van der Waals surface area contributed by atoms with Crippen molar-refractivity contribution in [1.82, 2.24) is 20.5 Å². The number of thiazole rings is 1. The summed E-state index contributed by atoms with van der Waals surface area (Å²) >= 11 is 1.34. The molecule has 0 radical (unpaired) electrons. The van der Waals surface area contributed by atoms with E-state index in [-0.39, 0.29) is 17.5 Å². The number of piperidine rings is 2. The first-order valence-corrected chi connectivity index (χ1v) is 12.5. The van der Waals surface area contributed by atoms with Gasteiger partial charge < -0.3 is 15.5 Å². The minimum Gasteiger partial charge on any atom is -0.324 e. The van der Waals surface area contributed by atoms with Gasteiger partial charge in [0.05, 0.1) is 0 Å². The van der Waals surface area contributed by atoms with Crippen LogP contribution in [0.3, 0.4) is 0 Å². The SMILES string of the molecule is CC(=O)[C@]1(NC(=O)Nc2nccs2)CNCC[C@H]1CN1CCC[C@@H](Cc2ccc(F)cc2)C1. The van der Waals surface area contributed by atoms with Crippen molar-refractivity contribution in [3.8, 4) is 0 Å². The Balaban J connectivity index is 1.42. The van der Waals surface area contributed by atoms with Crippen LogP contribution >= 0.6 is 11.3 Å². The zero-order valence-electron chi connectivity index (χ0n) is 19.0. The number of nitrogens with zero attached hydrogens (tertiary/aromatic N) is 2. The van der Waals surface area contributed by atoms with Crippen LogP contribution in [0, 0.1) is 17.7 Å². The molecule has 4 rings (SSSR count). The molecule has 2 aromatic rings. The average Bonchev–Trinajstić information content (AvgIpc) is 3.30. The second kappa shape index (κ2) is 10.7. The van der Waals surface area contributed by atoms with E-state index < -0.39 is 11.6 Å². The quantitative estimate of drug-likeness (QED) is 0.575. The molecule has 3 heterocycles. The van der Waals surface area contributed by atoms with E-state index in [0.29, 0.717) is 17.6 Å². The minimum atomic E-state index is -0.955. The molecule has 0 unspecified atom stereocenters. The predicted octanol–water partition coefficient (Wildman–Crippen LogP) is 3.30. The molecule has 3 N–H and O–H groups in total. The molecule has 33 heavy (non-hydrogen) atoms. The maximum absolute atomic E-state index is 13.2. The molecule has 0 spiro atoms. The molecular weight excluding hydrogens is 441 g/mol. The fourth-order valence-corrected chi connectivity index (χ4v) is 5.74. The van der Waals surface area contributed by atoms with E-state index in [1.807, 2.05) is 12.1 Å². The number of Topliss-reactive ketones (excluding diaryl/α,β-unsaturated/α-hetero) is 1. The second-order valence-corrected chi connectivity index (χ2v) is 10.1. The lowest BCUT2D eigenvalue weighted by atomic mass is 9.75. The second-order valence-electron chi connectivity index (χ2n) is 9.20. The number of benzene rings is 1. The molecule has 0 bridgehead atoms. The number of urea groups is 1. The molecule has 7 nitrogen and oxygen atoms in total. The average molecular weight is 474 g/mol. The van der Waals surface area contributed by atoms with Crippen molar-refractivity contribution in [2.24, 2.45) is 11.8 Å². The highest BCUT2D eigenvalue weighted by molar-refractivity contribution is 7.13. The van der Waals surface area contributed by atoms with Crippen molar-refractivity contribution in [3.63, 3.8) is 0 Å². The van der Waals surface area contributed by atoms with Crippen molar-refractivity contribution in [2.45, 2.75) is 38.1 Å². The molecule has 178 valence electrons. The predicted molar refractivity (Wildman–Crippen MR) is 128 cm³/mol. The first-order chi connectivity index (χ1) is 15.9. The summed E-state index contributed by atoms with van der Waals surface area (Å²) in [6.45, 7) is 5.51. The molecule has 2 saturated heterocycles. The third-order valence-electron chi connectivity index (χ3n) is 6.91. The van der Waals surface area contributed by atoms with Crippen LogP contribution in [0.25, 0.3) is 0 Å². The largest absolute Gasteiger partial charge is 0.324 e. The maximum atomic E-state index is 13.2. The number of nitrogens with one attached hydrogen (secondary N) is 3. The number of aromatic nitrogens is 1. The molecule has 1 aromatic carbocycles. The van der Waals surface area contributed by atoms with E-state index in [2.05, 4.69) is 25.8 Å². The van der Waals surface area contributed by atoms with Crippen molar-refractivity contribution >= 4 is 28.3 Å². The van der Waals surface area contributed by atoms with Crippen molar-refractivity contribution in [3.05, 3.63) is 47.2 Å². The van der Waals surface area contributed by atoms with Gasteiger partial charge in [-0.1, -0.05) is 12.1 Å². The normalized spacial score (nSPS) is 26.0. The van der Waals surface area contributed by atoms with Crippen LogP contribution in [0.1, 0.15) is 31.7 Å². The third-order valence-corrected chi connectivity index (χ3v) is 7.60. The van der Waals surface area contributed by atoms with E-state index in [9.17, 15) is 14.0 Å². The number of hydrogen-bond acceptors (Lipinski definition) is 6. The third kappa shape index (κ3) is 5.96. The van der Waals surface area contributed by atoms with Crippen LogP contribution < -0.4 is 16.0 Å². The highest BCUT2D eigenvalue weighted by Crippen LogP contribution is 2.29. The Hall–Kier alpha value is -2.36. The summed E-state index contributed by atoms with van der Waals surface area (Å²) in [4.78, 5) is 32.2. The summed E-state index contributed by atoms with van der Waals surface area (Å²) in [5.74, 6) is 0.275. The number of rotatable bonds is 7. The van der Waals surface area contributed by atoms with Gasteiger partial charge in [0.15, 0.2) is 10.9 Å². The number of ketones is 1. The Morgan fingerprint density at radius 1 is 1.30 bits per heavy atom. The lowest BCUT2D eigenvalue weighted by Gasteiger charge is -2.46. The Labute approximate surface area is 198 Å². The van der Waals surface area contributed by atoms with Crippen LogP contribution in [0.4, 0.5) is 14.3 Å². The summed E-state index contributed by atoms with van der Waals surface area (Å²) in [7, 11) is 0. The number of carbonyl (C=O) groups is 2. The monoisotopic (exact) mass is 473 g/mol. The molecule has 2 aliphatic heterocycles. The van der Waals surface area contributed by atoms with Crippen LogP contribution in [0.5, 0.6) is 0 Å². The summed E-state index contributed by atoms with van der Waals surface area (Å²) in [6, 6.07) is 6.38. The number of carbonyl (C=O) groups excluding carboxylic acids is 2. The summed E-state index contributed by atoms with van der Waals surface area (Å²) in [5, 5.41) is 11.4. The van der Waals surface area contributed by atoms with E-state index >= 15 is 0 Å². The standard InChI is InChI=1S/C24H32FN5O2S/c1-17(31)24(29-22(32)28-23-27-10-12-33-23)16-26-9-8-20(24)15-30-11-2-3-19(14-30)13-18-4-6-21(25)7-5-18/h4-7,10,12,19-20,26H,2-3,8-9,11,13-16H2,1H3,(H2,27,28,29,32)/t19-,20-,24+/m0/s1. The highest BCUT2D eigenvalue weighted by atomic mass is 32.1. The van der Waals surface area contributed by atoms with Crippen LogP contribution in [0.15, 0.2) is 35.8 Å². The van der Waals surface area contributed by atoms with Gasteiger partial charge in [-0.05, 0) is 69.3 Å². The Morgan fingerprint density at radius 2 is 2.12 bits per heavy atom. The molecule has 2 amide bonds. The van der Waals surface area contributed by atoms with Gasteiger partial charge in [-0.2, -0.15) is 0 Å². The van der Waals surface area contributed by atoms with Gasteiger partial charge >= 0.3 is 6.03 Å². The van der Waals surface area contributed by atoms with E-state index in [1.54, 1.807) is 18.5 Å². The van der Waals surface area contributed by atoms with Gasteiger partial charge in [0, 0.05) is 37.1 Å². The molecule has 0 aliphatic carbocycles. The maximum Gasteiger partial charge on any atom is 0.321 e. The smallest absolute Gasteiger partial charge is 0.321 e. The fourth-order valence-electron chi connectivity index (χ4n) is 5.21. The molecule has 2 fully saturated rings. The van der Waals surface area contributed by atoms with Crippen LogP contribution in [0.2, 0.25) is 0 Å². The van der Waals surface area contributed by atoms with Gasteiger partial charge in [0.2, 0.25) is 0 Å². The van der Waals surface area contributed by atoms with Crippen LogP contribution in [-0.2, 0) is 11.2 Å². The lowest BCUT2D eigenvalue weighted by molar-refractivity contribution is -0.126. The molecule has 2 aliphatic rings. The van der Waals surface area contributed by atoms with Gasteiger partial charge in [0.1, 0.15) is 11.4 Å². The number of amides is 2. The molecule has 3 atom stereocenters. The van der Waals surface area contributed by atoms with Crippen molar-refractivity contribution < 1.29 is 14.0 Å². The number of hydrogen-bond donors (Lipinski definition) is 3. The van der Waals surface area contributed by atoms with Gasteiger partial charge in [-0.15, -0.1) is 11.3 Å². The Kier molecular flexibility index (Phi) is 7.72. The van der Waals surface area contributed by atoms with E-state index in [4.69, 9.17) is 0 Å². The van der Waals surface area contributed by atoms with Gasteiger partial charge in [-0.25, -0.2) is 14.2 Å². The molecule has 1 aromatic heterocycles. The fraction of sp³-hybridized carbons (Fsp3) is 0.542. The van der Waals surface area contributed by atoms with E-state index in [0.717, 1.165) is 57.4 Å². The first kappa shape index (κ1) is 23.8.